The van der Waals surface area contributed by atoms with Crippen molar-refractivity contribution in [3.63, 3.8) is 0 Å². The zero-order chi connectivity index (χ0) is 21.8. The second-order valence-corrected chi connectivity index (χ2v) is 11.7. The van der Waals surface area contributed by atoms with Crippen LogP contribution < -0.4 is 0 Å². The minimum atomic E-state index is -0.281. The van der Waals surface area contributed by atoms with Gasteiger partial charge >= 0.3 is 5.97 Å². The Labute approximate surface area is 182 Å². The van der Waals surface area contributed by atoms with Gasteiger partial charge in [-0.1, -0.05) is 34.1 Å². The first kappa shape index (κ1) is 22.3. The molecule has 30 heavy (non-hydrogen) atoms. The van der Waals surface area contributed by atoms with E-state index in [2.05, 4.69) is 27.7 Å². The van der Waals surface area contributed by atoms with Crippen molar-refractivity contribution in [2.24, 2.45) is 52.3 Å². The molecule has 0 aliphatic heterocycles. The fourth-order valence-electron chi connectivity index (χ4n) is 9.11. The van der Waals surface area contributed by atoms with Gasteiger partial charge in [0.2, 0.25) is 0 Å². The van der Waals surface area contributed by atoms with Gasteiger partial charge < -0.3 is 9.84 Å². The van der Waals surface area contributed by atoms with Crippen LogP contribution in [-0.2, 0) is 14.3 Å². The molecule has 4 rings (SSSR count). The molecular formula is C26H42O4. The molecular weight excluding hydrogens is 376 g/mol. The number of fused-ring (bicyclic) bond motifs is 5. The highest BCUT2D eigenvalue weighted by molar-refractivity contribution is 5.79. The van der Waals surface area contributed by atoms with Crippen molar-refractivity contribution in [3.8, 4) is 0 Å². The maximum Gasteiger partial charge on any atom is 0.302 e. The maximum atomic E-state index is 12.3. The van der Waals surface area contributed by atoms with E-state index >= 15 is 0 Å². The molecule has 0 amide bonds. The average molecular weight is 419 g/mol. The summed E-state index contributed by atoms with van der Waals surface area (Å²) in [6.07, 6.45) is 7.83. The Morgan fingerprint density at radius 2 is 1.83 bits per heavy atom. The second kappa shape index (κ2) is 7.90. The minimum absolute atomic E-state index is 0.190. The molecule has 10 atom stereocenters. The molecule has 4 heteroatoms. The standard InChI is InChI=1S/C26H42O4/c1-6-18-22-13-17(28)9-11-26(22,5)21-10-12-25(4)19(15(2)14-30-16(3)27)7-8-20(25)23(21)24(18)29/h15,18-24,29H,6-14H2,1-5H3/t15-,18+,19?,20?,21?,22+,23?,24-,25-,26-/m1/s1. The van der Waals surface area contributed by atoms with Gasteiger partial charge in [0.15, 0.2) is 0 Å². The van der Waals surface area contributed by atoms with Gasteiger partial charge in [-0.15, -0.1) is 0 Å². The first-order valence-corrected chi connectivity index (χ1v) is 12.5. The average Bonchev–Trinajstić information content (AvgIpc) is 3.05. The quantitative estimate of drug-likeness (QED) is 0.651. The Hall–Kier alpha value is -0.900. The molecule has 4 aliphatic rings. The second-order valence-electron chi connectivity index (χ2n) is 11.7. The lowest BCUT2D eigenvalue weighted by molar-refractivity contribution is -0.195. The maximum absolute atomic E-state index is 12.3. The molecule has 0 aromatic carbocycles. The van der Waals surface area contributed by atoms with Crippen molar-refractivity contribution < 1.29 is 19.4 Å². The Kier molecular flexibility index (Phi) is 5.87. The van der Waals surface area contributed by atoms with E-state index in [0.717, 1.165) is 19.3 Å². The van der Waals surface area contributed by atoms with Gasteiger partial charge in [0.1, 0.15) is 5.78 Å². The number of Topliss-reactive ketones (excluding diaryl/α,β-unsaturated/α-hetero) is 1. The summed E-state index contributed by atoms with van der Waals surface area (Å²) >= 11 is 0. The molecule has 0 bridgehead atoms. The van der Waals surface area contributed by atoms with Crippen molar-refractivity contribution in [1.82, 2.24) is 0 Å². The van der Waals surface area contributed by atoms with Crippen LogP contribution in [0.3, 0.4) is 0 Å². The minimum Gasteiger partial charge on any atom is -0.466 e. The number of ether oxygens (including phenoxy) is 1. The lowest BCUT2D eigenvalue weighted by Gasteiger charge is -2.64. The fraction of sp³-hybridized carbons (Fsp3) is 0.923. The van der Waals surface area contributed by atoms with E-state index in [0.29, 0.717) is 54.3 Å². The molecule has 4 saturated carbocycles. The van der Waals surface area contributed by atoms with Crippen LogP contribution in [0.25, 0.3) is 0 Å². The predicted octanol–water partition coefficient (Wildman–Crippen LogP) is 5.02. The topological polar surface area (TPSA) is 63.6 Å². The van der Waals surface area contributed by atoms with Crippen LogP contribution in [0.2, 0.25) is 0 Å². The molecule has 0 saturated heterocycles. The molecule has 1 N–H and O–H groups in total. The van der Waals surface area contributed by atoms with Gasteiger partial charge in [0.05, 0.1) is 12.7 Å². The normalized spacial score (nSPS) is 49.0. The molecule has 4 aliphatic carbocycles. The van der Waals surface area contributed by atoms with Crippen LogP contribution in [-0.4, -0.2) is 29.6 Å². The lowest BCUT2D eigenvalue weighted by atomic mass is 9.41. The van der Waals surface area contributed by atoms with Crippen molar-refractivity contribution in [2.75, 3.05) is 6.61 Å². The van der Waals surface area contributed by atoms with Crippen molar-refractivity contribution in [3.05, 3.63) is 0 Å². The molecule has 0 heterocycles. The van der Waals surface area contributed by atoms with Gasteiger partial charge in [-0.25, -0.2) is 0 Å². The van der Waals surface area contributed by atoms with E-state index < -0.39 is 0 Å². The van der Waals surface area contributed by atoms with Crippen molar-refractivity contribution >= 4 is 11.8 Å². The summed E-state index contributed by atoms with van der Waals surface area (Å²) < 4.78 is 5.38. The van der Waals surface area contributed by atoms with E-state index in [1.165, 1.54) is 32.6 Å². The number of ketones is 1. The Bertz CT molecular complexity index is 689. The summed E-state index contributed by atoms with van der Waals surface area (Å²) in [5.41, 5.74) is 0.412. The van der Waals surface area contributed by atoms with Crippen LogP contribution >= 0.6 is 0 Å². The zero-order valence-electron chi connectivity index (χ0n) is 19.7. The third-order valence-corrected chi connectivity index (χ3v) is 10.5. The number of carbonyl (C=O) groups is 2. The fourth-order valence-corrected chi connectivity index (χ4v) is 9.11. The van der Waals surface area contributed by atoms with Crippen molar-refractivity contribution in [2.45, 2.75) is 92.1 Å². The van der Waals surface area contributed by atoms with Crippen LogP contribution in [0.4, 0.5) is 0 Å². The highest BCUT2D eigenvalue weighted by atomic mass is 16.5. The predicted molar refractivity (Wildman–Crippen MR) is 117 cm³/mol. The summed E-state index contributed by atoms with van der Waals surface area (Å²) in [5, 5.41) is 11.7. The van der Waals surface area contributed by atoms with Gasteiger partial charge in [0, 0.05) is 19.8 Å². The SMILES string of the molecule is CC[C@@H]1[C@@H](O)C2C3CCC([C@H](C)COC(C)=O)[C@@]3(C)CCC2[C@@]2(C)CCC(=O)C[C@@H]12. The van der Waals surface area contributed by atoms with Gasteiger partial charge in [-0.2, -0.15) is 0 Å². The highest BCUT2D eigenvalue weighted by Gasteiger charge is 2.64. The zero-order valence-corrected chi connectivity index (χ0v) is 19.7. The third kappa shape index (κ3) is 3.27. The summed E-state index contributed by atoms with van der Waals surface area (Å²) in [7, 11) is 0. The van der Waals surface area contributed by atoms with E-state index in [1.807, 2.05) is 0 Å². The number of carbonyl (C=O) groups excluding carboxylic acids is 2. The monoisotopic (exact) mass is 418 g/mol. The van der Waals surface area contributed by atoms with Crippen LogP contribution in [0.1, 0.15) is 86.0 Å². The molecule has 170 valence electrons. The Balaban J connectivity index is 1.62. The molecule has 4 unspecified atom stereocenters. The van der Waals surface area contributed by atoms with E-state index in [-0.39, 0.29) is 28.8 Å². The summed E-state index contributed by atoms with van der Waals surface area (Å²) in [4.78, 5) is 23.7. The Morgan fingerprint density at radius 3 is 2.50 bits per heavy atom. The number of aliphatic hydroxyl groups is 1. The van der Waals surface area contributed by atoms with E-state index in [9.17, 15) is 14.7 Å². The van der Waals surface area contributed by atoms with Gasteiger partial charge in [0.25, 0.3) is 0 Å². The van der Waals surface area contributed by atoms with Crippen LogP contribution in [0.5, 0.6) is 0 Å². The van der Waals surface area contributed by atoms with E-state index in [1.54, 1.807) is 0 Å². The number of aliphatic hydroxyl groups excluding tert-OH is 1. The molecule has 0 spiro atoms. The summed E-state index contributed by atoms with van der Waals surface area (Å²) in [5.74, 6) is 3.16. The Morgan fingerprint density at radius 1 is 1.13 bits per heavy atom. The highest BCUT2D eigenvalue weighted by Crippen LogP contribution is 2.69. The van der Waals surface area contributed by atoms with Gasteiger partial charge in [-0.05, 0) is 84.4 Å². The number of rotatable bonds is 4. The lowest BCUT2D eigenvalue weighted by Crippen LogP contribution is -2.62. The molecule has 4 nitrogen and oxygen atoms in total. The largest absolute Gasteiger partial charge is 0.466 e. The smallest absolute Gasteiger partial charge is 0.302 e. The number of hydrogen-bond donors (Lipinski definition) is 1. The first-order chi connectivity index (χ1) is 14.1. The summed E-state index contributed by atoms with van der Waals surface area (Å²) in [6.45, 7) is 11.4. The van der Waals surface area contributed by atoms with Crippen LogP contribution in [0.15, 0.2) is 0 Å². The molecule has 4 fully saturated rings. The molecule has 0 aromatic heterocycles. The van der Waals surface area contributed by atoms with Crippen LogP contribution in [0, 0.1) is 52.3 Å². The van der Waals surface area contributed by atoms with Gasteiger partial charge in [-0.3, -0.25) is 9.59 Å². The van der Waals surface area contributed by atoms with E-state index in [4.69, 9.17) is 4.74 Å². The number of hydrogen-bond acceptors (Lipinski definition) is 4. The summed E-state index contributed by atoms with van der Waals surface area (Å²) in [6, 6.07) is 0. The third-order valence-electron chi connectivity index (χ3n) is 10.5. The number of esters is 1. The first-order valence-electron chi connectivity index (χ1n) is 12.5. The molecule has 0 radical (unpaired) electrons. The molecule has 0 aromatic rings. The van der Waals surface area contributed by atoms with Crippen molar-refractivity contribution in [1.29, 1.82) is 0 Å².